The summed E-state index contributed by atoms with van der Waals surface area (Å²) in [7, 11) is 0. The minimum Gasteiger partial charge on any atom is -0.480 e. The van der Waals surface area contributed by atoms with E-state index >= 15 is 0 Å². The molecule has 15 nitrogen and oxygen atoms in total. The van der Waals surface area contributed by atoms with Crippen LogP contribution in [-0.2, 0) is 24.0 Å². The number of hydrogen-bond donors (Lipinski definition) is 9. The summed E-state index contributed by atoms with van der Waals surface area (Å²) < 4.78 is 0. The van der Waals surface area contributed by atoms with E-state index in [2.05, 4.69) is 20.9 Å². The van der Waals surface area contributed by atoms with Crippen LogP contribution in [0.4, 0.5) is 0 Å². The zero-order valence-corrected chi connectivity index (χ0v) is 20.4. The first-order valence-corrected chi connectivity index (χ1v) is 12.1. The molecule has 4 amide bonds. The molecule has 0 radical (unpaired) electrons. The molecule has 13 N–H and O–H groups in total. The van der Waals surface area contributed by atoms with E-state index in [1.54, 1.807) is 0 Å². The number of hydrogen-bond acceptors (Lipinski definition) is 9. The second-order valence-electron chi connectivity index (χ2n) is 7.55. The number of carboxylic acid groups (broad SMARTS) is 1. The molecule has 0 bridgehead atoms. The van der Waals surface area contributed by atoms with E-state index < -0.39 is 60.4 Å². The third-order valence-electron chi connectivity index (χ3n) is 4.66. The number of guanidine groups is 1. The molecule has 0 fully saturated rings. The van der Waals surface area contributed by atoms with Crippen molar-refractivity contribution in [3.8, 4) is 0 Å². The molecule has 0 heterocycles. The topological polar surface area (TPSA) is 278 Å². The maximum absolute atomic E-state index is 12.7. The van der Waals surface area contributed by atoms with E-state index in [0.29, 0.717) is 12.2 Å². The Morgan fingerprint density at radius 1 is 0.886 bits per heavy atom. The number of amides is 4. The van der Waals surface area contributed by atoms with Gasteiger partial charge in [-0.15, -0.1) is 0 Å². The van der Waals surface area contributed by atoms with Crippen LogP contribution in [0, 0.1) is 0 Å². The summed E-state index contributed by atoms with van der Waals surface area (Å²) in [6.45, 7) is -0.652. The predicted octanol–water partition coefficient (Wildman–Crippen LogP) is -4.08. The Morgan fingerprint density at radius 3 is 1.97 bits per heavy atom. The Morgan fingerprint density at radius 2 is 1.46 bits per heavy atom. The van der Waals surface area contributed by atoms with E-state index in [1.807, 2.05) is 6.26 Å². The maximum atomic E-state index is 12.7. The molecule has 0 rings (SSSR count). The van der Waals surface area contributed by atoms with Crippen molar-refractivity contribution in [2.45, 2.75) is 56.3 Å². The van der Waals surface area contributed by atoms with Gasteiger partial charge in [0, 0.05) is 13.0 Å². The van der Waals surface area contributed by atoms with Gasteiger partial charge in [0.2, 0.25) is 23.6 Å². The number of nitrogens with one attached hydrogen (secondary N) is 3. The van der Waals surface area contributed by atoms with Crippen LogP contribution >= 0.6 is 11.8 Å². The molecule has 0 aliphatic carbocycles. The number of aliphatic carboxylic acids is 1. The van der Waals surface area contributed by atoms with Crippen LogP contribution in [0.5, 0.6) is 0 Å². The van der Waals surface area contributed by atoms with Crippen LogP contribution in [0.1, 0.15) is 32.1 Å². The van der Waals surface area contributed by atoms with Gasteiger partial charge in [-0.3, -0.25) is 24.2 Å². The number of thioether (sulfide) groups is 1. The Bertz CT molecular complexity index is 763. The van der Waals surface area contributed by atoms with E-state index in [1.165, 1.54) is 11.8 Å². The van der Waals surface area contributed by atoms with Crippen molar-refractivity contribution >= 4 is 47.3 Å². The third kappa shape index (κ3) is 14.0. The number of nitrogens with two attached hydrogens (primary N) is 4. The predicted molar refractivity (Wildman–Crippen MR) is 130 cm³/mol. The molecule has 200 valence electrons. The molecule has 0 aromatic heterocycles. The van der Waals surface area contributed by atoms with Gasteiger partial charge in [-0.1, -0.05) is 0 Å². The highest BCUT2D eigenvalue weighted by Crippen LogP contribution is 2.04. The van der Waals surface area contributed by atoms with Crippen molar-refractivity contribution in [1.29, 1.82) is 0 Å². The molecule has 0 aliphatic heterocycles. The second-order valence-corrected chi connectivity index (χ2v) is 8.53. The summed E-state index contributed by atoms with van der Waals surface area (Å²) >= 11 is 1.48. The highest BCUT2D eigenvalue weighted by Gasteiger charge is 2.30. The van der Waals surface area contributed by atoms with E-state index in [0.717, 1.165) is 0 Å². The van der Waals surface area contributed by atoms with Crippen LogP contribution < -0.4 is 38.9 Å². The fourth-order valence-corrected chi connectivity index (χ4v) is 3.20. The zero-order chi connectivity index (χ0) is 27.0. The normalized spacial score (nSPS) is 14.0. The second kappa shape index (κ2) is 17.3. The number of nitrogens with zero attached hydrogens (tertiary/aromatic N) is 1. The van der Waals surface area contributed by atoms with Crippen molar-refractivity contribution in [2.75, 3.05) is 25.2 Å². The molecule has 4 unspecified atom stereocenters. The average Bonchev–Trinajstić information content (AvgIpc) is 2.79. The molecule has 0 saturated carbocycles. The van der Waals surface area contributed by atoms with Gasteiger partial charge in [-0.05, 0) is 37.7 Å². The van der Waals surface area contributed by atoms with Gasteiger partial charge in [0.05, 0.1) is 12.6 Å². The smallest absolute Gasteiger partial charge is 0.326 e. The lowest BCUT2D eigenvalue weighted by Crippen LogP contribution is -2.58. The Hall–Kier alpha value is -3.11. The Labute approximate surface area is 207 Å². The monoisotopic (exact) mass is 520 g/mol. The van der Waals surface area contributed by atoms with Crippen LogP contribution in [-0.4, -0.2) is 95.1 Å². The van der Waals surface area contributed by atoms with Crippen molar-refractivity contribution in [2.24, 2.45) is 27.9 Å². The van der Waals surface area contributed by atoms with E-state index in [4.69, 9.17) is 22.9 Å². The number of carbonyl (C=O) groups is 5. The molecule has 0 aromatic carbocycles. The lowest BCUT2D eigenvalue weighted by molar-refractivity contribution is -0.142. The number of aliphatic hydroxyl groups excluding tert-OH is 1. The van der Waals surface area contributed by atoms with Gasteiger partial charge < -0.3 is 49.1 Å². The lowest BCUT2D eigenvalue weighted by Gasteiger charge is -2.24. The number of primary amides is 1. The lowest BCUT2D eigenvalue weighted by atomic mass is 10.1. The van der Waals surface area contributed by atoms with Gasteiger partial charge in [0.25, 0.3) is 0 Å². The van der Waals surface area contributed by atoms with Gasteiger partial charge in [-0.25, -0.2) is 4.79 Å². The highest BCUT2D eigenvalue weighted by molar-refractivity contribution is 7.98. The maximum Gasteiger partial charge on any atom is 0.326 e. The Kier molecular flexibility index (Phi) is 15.8. The molecule has 4 atom stereocenters. The van der Waals surface area contributed by atoms with E-state index in [9.17, 15) is 34.2 Å². The molecule has 0 aliphatic rings. The summed E-state index contributed by atoms with van der Waals surface area (Å²) in [5.41, 5.74) is 21.3. The summed E-state index contributed by atoms with van der Waals surface area (Å²) in [5, 5.41) is 25.8. The van der Waals surface area contributed by atoms with Gasteiger partial charge in [-0.2, -0.15) is 11.8 Å². The number of carbonyl (C=O) groups excluding carboxylic acids is 4. The van der Waals surface area contributed by atoms with Crippen LogP contribution in [0.15, 0.2) is 4.99 Å². The average molecular weight is 521 g/mol. The number of rotatable bonds is 18. The fraction of sp³-hybridized carbons (Fsp3) is 0.684. The van der Waals surface area contributed by atoms with Crippen molar-refractivity contribution in [3.63, 3.8) is 0 Å². The number of aliphatic imine (C=N–C) groups is 1. The fourth-order valence-electron chi connectivity index (χ4n) is 2.71. The molecule has 0 aromatic rings. The summed E-state index contributed by atoms with van der Waals surface area (Å²) in [6.07, 6.45) is 1.87. The van der Waals surface area contributed by atoms with Crippen LogP contribution in [0.3, 0.4) is 0 Å². The first-order chi connectivity index (χ1) is 16.4. The van der Waals surface area contributed by atoms with Gasteiger partial charge in [0.15, 0.2) is 5.96 Å². The summed E-state index contributed by atoms with van der Waals surface area (Å²) in [4.78, 5) is 64.0. The summed E-state index contributed by atoms with van der Waals surface area (Å²) in [5.74, 6) is -4.13. The molecular formula is C19H36N8O7S. The third-order valence-corrected chi connectivity index (χ3v) is 5.30. The van der Waals surface area contributed by atoms with Gasteiger partial charge in [0.1, 0.15) is 18.1 Å². The molecule has 0 spiro atoms. The van der Waals surface area contributed by atoms with Crippen molar-refractivity contribution in [3.05, 3.63) is 0 Å². The molecule has 0 saturated heterocycles. The minimum absolute atomic E-state index is 0.0163. The highest BCUT2D eigenvalue weighted by atomic mass is 32.2. The Balaban J connectivity index is 5.29. The molecular weight excluding hydrogens is 484 g/mol. The quantitative estimate of drug-likeness (QED) is 0.0475. The van der Waals surface area contributed by atoms with Crippen LogP contribution in [0.2, 0.25) is 0 Å². The van der Waals surface area contributed by atoms with Crippen molar-refractivity contribution in [1.82, 2.24) is 16.0 Å². The largest absolute Gasteiger partial charge is 0.480 e. The standard InChI is InChI=1S/C19H36N8O7S/c1-35-8-6-10(20)15(30)27-13(9-28)17(32)25-11(4-5-14(21)29)16(31)26-12(18(33)34)3-2-7-24-19(22)23/h10-13,28H,2-9,20H2,1H3,(H2,21,29)(H,25,32)(H,26,31)(H,27,30)(H,33,34)(H4,22,23,24). The minimum atomic E-state index is -1.43. The van der Waals surface area contributed by atoms with E-state index in [-0.39, 0.29) is 38.2 Å². The van der Waals surface area contributed by atoms with Gasteiger partial charge >= 0.3 is 5.97 Å². The van der Waals surface area contributed by atoms with Crippen LogP contribution in [0.25, 0.3) is 0 Å². The number of aliphatic hydroxyl groups is 1. The first kappa shape index (κ1) is 31.9. The molecule has 35 heavy (non-hydrogen) atoms. The summed E-state index contributed by atoms with van der Waals surface area (Å²) in [6, 6.07) is -5.03. The van der Waals surface area contributed by atoms with Crippen molar-refractivity contribution < 1.29 is 34.2 Å². The first-order valence-electron chi connectivity index (χ1n) is 10.8. The number of carboxylic acids is 1. The zero-order valence-electron chi connectivity index (χ0n) is 19.6. The SMILES string of the molecule is CSCCC(N)C(=O)NC(CO)C(=O)NC(CCC(N)=O)C(=O)NC(CCCN=C(N)N)C(=O)O. The molecule has 16 heteroatoms.